The Hall–Kier alpha value is -1.36. The molecule has 1 aromatic rings. The van der Waals surface area contributed by atoms with Crippen LogP contribution in [-0.4, -0.2) is 28.8 Å². The van der Waals surface area contributed by atoms with Crippen molar-refractivity contribution in [1.82, 2.24) is 10.2 Å². The van der Waals surface area contributed by atoms with Crippen molar-refractivity contribution in [1.29, 1.82) is 0 Å². The Kier molecular flexibility index (Phi) is 3.47. The molecule has 2 N–H and O–H groups in total. The van der Waals surface area contributed by atoms with Crippen LogP contribution < -0.4 is 5.32 Å². The standard InChI is InChI=1S/C10H17N3O2/c1-5-10(3,15-4)9(14)12-8-7(2)6-11-13-8/h6H,5H2,1-4H3,(H2,11,12,13,14). The van der Waals surface area contributed by atoms with Crippen molar-refractivity contribution in [3.63, 3.8) is 0 Å². The molecule has 0 aliphatic heterocycles. The number of amides is 1. The molecule has 1 unspecified atom stereocenters. The Morgan fingerprint density at radius 1 is 1.73 bits per heavy atom. The van der Waals surface area contributed by atoms with Gasteiger partial charge in [0, 0.05) is 12.7 Å². The van der Waals surface area contributed by atoms with Crippen molar-refractivity contribution in [3.8, 4) is 0 Å². The van der Waals surface area contributed by atoms with E-state index in [-0.39, 0.29) is 5.91 Å². The Labute approximate surface area is 89.2 Å². The van der Waals surface area contributed by atoms with Crippen molar-refractivity contribution in [2.45, 2.75) is 32.8 Å². The third-order valence-corrected chi connectivity index (χ3v) is 2.67. The number of nitrogens with one attached hydrogen (secondary N) is 2. The van der Waals surface area contributed by atoms with Crippen LogP contribution in [0.4, 0.5) is 5.82 Å². The number of carbonyl (C=O) groups is 1. The average Bonchev–Trinajstić information content (AvgIpc) is 2.63. The number of nitrogens with zero attached hydrogens (tertiary/aromatic N) is 1. The van der Waals surface area contributed by atoms with Crippen molar-refractivity contribution in [2.75, 3.05) is 12.4 Å². The summed E-state index contributed by atoms with van der Waals surface area (Å²) in [5.41, 5.74) is 0.107. The van der Waals surface area contributed by atoms with Crippen LogP contribution in [0, 0.1) is 6.92 Å². The molecule has 0 aliphatic carbocycles. The van der Waals surface area contributed by atoms with Gasteiger partial charge in [0.1, 0.15) is 11.4 Å². The van der Waals surface area contributed by atoms with Crippen LogP contribution in [0.25, 0.3) is 0 Å². The SMILES string of the molecule is CCC(C)(OC)C(=O)Nc1[nH]ncc1C. The lowest BCUT2D eigenvalue weighted by Gasteiger charge is -2.24. The fourth-order valence-corrected chi connectivity index (χ4v) is 1.12. The molecule has 1 heterocycles. The molecule has 1 aromatic heterocycles. The number of hydrogen-bond donors (Lipinski definition) is 2. The zero-order chi connectivity index (χ0) is 11.5. The second-order valence-electron chi connectivity index (χ2n) is 3.67. The highest BCUT2D eigenvalue weighted by atomic mass is 16.5. The summed E-state index contributed by atoms with van der Waals surface area (Å²) in [6.07, 6.45) is 2.27. The summed E-state index contributed by atoms with van der Waals surface area (Å²) in [5, 5.41) is 9.30. The van der Waals surface area contributed by atoms with Crippen molar-refractivity contribution in [3.05, 3.63) is 11.8 Å². The van der Waals surface area contributed by atoms with Gasteiger partial charge in [0.2, 0.25) is 0 Å². The van der Waals surface area contributed by atoms with Crippen molar-refractivity contribution < 1.29 is 9.53 Å². The Balaban J connectivity index is 2.75. The largest absolute Gasteiger partial charge is 0.369 e. The van der Waals surface area contributed by atoms with Crippen LogP contribution in [0.1, 0.15) is 25.8 Å². The van der Waals surface area contributed by atoms with Crippen LogP contribution in [0.5, 0.6) is 0 Å². The minimum absolute atomic E-state index is 0.167. The number of H-pyrrole nitrogens is 1. The molecule has 0 bridgehead atoms. The molecular formula is C10H17N3O2. The summed E-state index contributed by atoms with van der Waals surface area (Å²) >= 11 is 0. The molecule has 0 saturated carbocycles. The molecule has 0 fully saturated rings. The van der Waals surface area contributed by atoms with Crippen LogP contribution in [0.3, 0.4) is 0 Å². The summed E-state index contributed by atoms with van der Waals surface area (Å²) in [7, 11) is 1.53. The number of ether oxygens (including phenoxy) is 1. The van der Waals surface area contributed by atoms with Gasteiger partial charge in [-0.05, 0) is 20.3 Å². The minimum atomic E-state index is -0.794. The number of hydrogen-bond acceptors (Lipinski definition) is 3. The van der Waals surface area contributed by atoms with E-state index >= 15 is 0 Å². The maximum Gasteiger partial charge on any atom is 0.257 e. The lowest BCUT2D eigenvalue weighted by Crippen LogP contribution is -2.41. The Morgan fingerprint density at radius 2 is 2.40 bits per heavy atom. The van der Waals surface area contributed by atoms with Gasteiger partial charge in [-0.2, -0.15) is 5.10 Å². The van der Waals surface area contributed by atoms with Crippen LogP contribution in [0.2, 0.25) is 0 Å². The van der Waals surface area contributed by atoms with Gasteiger partial charge in [0.05, 0.1) is 6.20 Å². The van der Waals surface area contributed by atoms with Crippen molar-refractivity contribution in [2.24, 2.45) is 0 Å². The fourth-order valence-electron chi connectivity index (χ4n) is 1.12. The highest BCUT2D eigenvalue weighted by Gasteiger charge is 2.31. The van der Waals surface area contributed by atoms with Gasteiger partial charge < -0.3 is 10.1 Å². The van der Waals surface area contributed by atoms with E-state index in [1.807, 2.05) is 13.8 Å². The molecule has 0 radical (unpaired) electrons. The molecule has 5 heteroatoms. The third kappa shape index (κ3) is 2.36. The summed E-state index contributed by atoms with van der Waals surface area (Å²) < 4.78 is 5.19. The lowest BCUT2D eigenvalue weighted by molar-refractivity contribution is -0.136. The first-order valence-electron chi connectivity index (χ1n) is 4.90. The number of aromatic nitrogens is 2. The molecule has 5 nitrogen and oxygen atoms in total. The van der Waals surface area contributed by atoms with E-state index in [1.54, 1.807) is 13.1 Å². The summed E-state index contributed by atoms with van der Waals surface area (Å²) in [5.74, 6) is 0.455. The molecule has 0 aliphatic rings. The maximum absolute atomic E-state index is 11.9. The molecule has 1 atom stereocenters. The highest BCUT2D eigenvalue weighted by molar-refractivity contribution is 5.96. The number of carbonyl (C=O) groups excluding carboxylic acids is 1. The van der Waals surface area contributed by atoms with Crippen LogP contribution in [-0.2, 0) is 9.53 Å². The molecule has 15 heavy (non-hydrogen) atoms. The van der Waals surface area contributed by atoms with E-state index in [2.05, 4.69) is 15.5 Å². The third-order valence-electron chi connectivity index (χ3n) is 2.67. The number of aromatic amines is 1. The molecule has 1 rings (SSSR count). The molecule has 0 saturated heterocycles. The quantitative estimate of drug-likeness (QED) is 0.792. The van der Waals surface area contributed by atoms with E-state index < -0.39 is 5.60 Å². The summed E-state index contributed by atoms with van der Waals surface area (Å²) in [4.78, 5) is 11.9. The predicted octanol–water partition coefficient (Wildman–Crippen LogP) is 1.47. The van der Waals surface area contributed by atoms with E-state index in [9.17, 15) is 4.79 Å². The molecule has 84 valence electrons. The normalized spacial score (nSPS) is 14.7. The van der Waals surface area contributed by atoms with Gasteiger partial charge in [-0.15, -0.1) is 0 Å². The fraction of sp³-hybridized carbons (Fsp3) is 0.600. The predicted molar refractivity (Wildman–Crippen MR) is 57.7 cm³/mol. The van der Waals surface area contributed by atoms with E-state index in [4.69, 9.17) is 4.74 Å². The average molecular weight is 211 g/mol. The van der Waals surface area contributed by atoms with Gasteiger partial charge in [-0.3, -0.25) is 9.89 Å². The molecular weight excluding hydrogens is 194 g/mol. The lowest BCUT2D eigenvalue weighted by atomic mass is 10.0. The first-order chi connectivity index (χ1) is 7.03. The smallest absolute Gasteiger partial charge is 0.257 e. The number of methoxy groups -OCH3 is 1. The number of aryl methyl sites for hydroxylation is 1. The summed E-state index contributed by atoms with van der Waals surface area (Å²) in [6, 6.07) is 0. The Morgan fingerprint density at radius 3 is 2.80 bits per heavy atom. The minimum Gasteiger partial charge on any atom is -0.369 e. The zero-order valence-electron chi connectivity index (χ0n) is 9.55. The van der Waals surface area contributed by atoms with Gasteiger partial charge in [0.25, 0.3) is 5.91 Å². The van der Waals surface area contributed by atoms with E-state index in [0.29, 0.717) is 12.2 Å². The number of anilines is 1. The van der Waals surface area contributed by atoms with Gasteiger partial charge in [0.15, 0.2) is 0 Å². The van der Waals surface area contributed by atoms with Crippen LogP contribution >= 0.6 is 0 Å². The van der Waals surface area contributed by atoms with E-state index in [1.165, 1.54) is 7.11 Å². The Bertz CT molecular complexity index is 342. The number of rotatable bonds is 4. The van der Waals surface area contributed by atoms with Gasteiger partial charge in [-0.1, -0.05) is 6.92 Å². The zero-order valence-corrected chi connectivity index (χ0v) is 9.55. The first-order valence-corrected chi connectivity index (χ1v) is 4.90. The van der Waals surface area contributed by atoms with Crippen LogP contribution in [0.15, 0.2) is 6.20 Å². The molecule has 0 spiro atoms. The summed E-state index contributed by atoms with van der Waals surface area (Å²) in [6.45, 7) is 5.53. The molecule has 1 amide bonds. The van der Waals surface area contributed by atoms with Gasteiger partial charge >= 0.3 is 0 Å². The highest BCUT2D eigenvalue weighted by Crippen LogP contribution is 2.17. The van der Waals surface area contributed by atoms with Gasteiger partial charge in [-0.25, -0.2) is 0 Å². The second kappa shape index (κ2) is 4.44. The second-order valence-corrected chi connectivity index (χ2v) is 3.67. The molecule has 0 aromatic carbocycles. The topological polar surface area (TPSA) is 67.0 Å². The van der Waals surface area contributed by atoms with Crippen molar-refractivity contribution >= 4 is 11.7 Å². The monoisotopic (exact) mass is 211 g/mol. The maximum atomic E-state index is 11.9. The van der Waals surface area contributed by atoms with E-state index in [0.717, 1.165) is 5.56 Å². The first kappa shape index (κ1) is 11.7.